The third-order valence-electron chi connectivity index (χ3n) is 9.01. The summed E-state index contributed by atoms with van der Waals surface area (Å²) in [5.74, 6) is -3.29. The average Bonchev–Trinajstić information content (AvgIpc) is 3.25. The summed E-state index contributed by atoms with van der Waals surface area (Å²) in [6.07, 6.45) is 1.36. The minimum atomic E-state index is -1.68. The molecular formula is C44H36Cl6N8O6. The van der Waals surface area contributed by atoms with Gasteiger partial charge in [0.15, 0.2) is 11.6 Å². The molecule has 0 fully saturated rings. The Morgan fingerprint density at radius 3 is 1.17 bits per heavy atom. The van der Waals surface area contributed by atoms with Crippen molar-refractivity contribution in [1.82, 2.24) is 0 Å². The number of carbonyl (C=O) groups is 6. The van der Waals surface area contributed by atoms with Crippen LogP contribution < -0.4 is 21.3 Å². The summed E-state index contributed by atoms with van der Waals surface area (Å²) >= 11 is 37.1. The van der Waals surface area contributed by atoms with Crippen LogP contribution in [-0.4, -0.2) is 59.0 Å². The second kappa shape index (κ2) is 23.3. The number of aryl methyl sites for hydroxylation is 2. The van der Waals surface area contributed by atoms with E-state index in [1.54, 1.807) is 24.3 Å². The van der Waals surface area contributed by atoms with Crippen LogP contribution in [0.4, 0.5) is 34.1 Å². The van der Waals surface area contributed by atoms with E-state index in [2.05, 4.69) is 41.7 Å². The highest BCUT2D eigenvalue weighted by molar-refractivity contribution is 6.38. The number of azo groups is 2. The number of hydrogen-bond donors (Lipinski definition) is 4. The van der Waals surface area contributed by atoms with Crippen molar-refractivity contribution in [2.75, 3.05) is 33.0 Å². The number of ketones is 2. The van der Waals surface area contributed by atoms with Gasteiger partial charge in [-0.1, -0.05) is 70.7 Å². The van der Waals surface area contributed by atoms with Crippen molar-refractivity contribution in [3.05, 3.63) is 139 Å². The Morgan fingerprint density at radius 1 is 0.484 bits per heavy atom. The van der Waals surface area contributed by atoms with E-state index in [4.69, 9.17) is 69.6 Å². The van der Waals surface area contributed by atoms with Crippen molar-refractivity contribution in [3.63, 3.8) is 0 Å². The number of rotatable bonds is 18. The number of hydrogen-bond acceptors (Lipinski definition) is 10. The number of benzene rings is 5. The van der Waals surface area contributed by atoms with E-state index in [0.717, 1.165) is 25.0 Å². The molecule has 0 saturated carbocycles. The molecule has 0 saturated heterocycles. The first-order valence-electron chi connectivity index (χ1n) is 19.0. The lowest BCUT2D eigenvalue weighted by Crippen LogP contribution is -2.32. The van der Waals surface area contributed by atoms with Gasteiger partial charge < -0.3 is 21.3 Å². The van der Waals surface area contributed by atoms with E-state index in [-0.39, 0.29) is 54.0 Å². The van der Waals surface area contributed by atoms with Crippen LogP contribution in [0.3, 0.4) is 0 Å². The summed E-state index contributed by atoms with van der Waals surface area (Å²) in [6.45, 7) is 2.24. The van der Waals surface area contributed by atoms with Crippen molar-refractivity contribution in [2.24, 2.45) is 20.5 Å². The van der Waals surface area contributed by atoms with Gasteiger partial charge in [0.2, 0.25) is 12.1 Å². The van der Waals surface area contributed by atoms with Gasteiger partial charge in [0, 0.05) is 34.3 Å². The molecule has 5 aromatic rings. The van der Waals surface area contributed by atoms with Crippen molar-refractivity contribution in [2.45, 2.75) is 38.8 Å². The Bertz CT molecular complexity index is 2460. The molecule has 0 aliphatic carbocycles. The van der Waals surface area contributed by atoms with Crippen LogP contribution in [0.1, 0.15) is 45.7 Å². The Hall–Kier alpha value is -5.74. The van der Waals surface area contributed by atoms with Crippen LogP contribution in [0.15, 0.2) is 118 Å². The van der Waals surface area contributed by atoms with Gasteiger partial charge in [-0.25, -0.2) is 0 Å². The Labute approximate surface area is 397 Å². The zero-order chi connectivity index (χ0) is 46.5. The van der Waals surface area contributed by atoms with Crippen LogP contribution in [0.2, 0.25) is 20.1 Å². The number of halogens is 6. The van der Waals surface area contributed by atoms with Crippen LogP contribution in [0, 0.1) is 0 Å². The standard InChI is InChI=1S/C44H36Cl6N8O6/c1-23(59)39(57-55-37-19-27(7-13-31(37)47)41(61)51-29-9-3-25(4-10-29)15-17-45)43(63)53-35-21-34(50)36(22-33(35)49)54-44(64)40(24(2)60)58-56-38-20-28(8-14-32(38)48)42(62)52-30-11-5-26(6-12-30)16-18-46/h3-14,19-22,39-40H,15-18H2,1-2H3,(H,51,61)(H,52,62)(H,53,63)(H,54,64). The lowest BCUT2D eigenvalue weighted by atomic mass is 10.1. The zero-order valence-electron chi connectivity index (χ0n) is 33.7. The largest absolute Gasteiger partial charge is 0.322 e. The lowest BCUT2D eigenvalue weighted by molar-refractivity contribution is -0.127. The van der Waals surface area contributed by atoms with E-state index in [1.165, 1.54) is 48.5 Å². The van der Waals surface area contributed by atoms with Gasteiger partial charge in [-0.15, -0.1) is 23.2 Å². The highest BCUT2D eigenvalue weighted by Gasteiger charge is 2.27. The van der Waals surface area contributed by atoms with Gasteiger partial charge in [0.25, 0.3) is 23.6 Å². The summed E-state index contributed by atoms with van der Waals surface area (Å²) < 4.78 is 0. The molecule has 5 rings (SSSR count). The minimum absolute atomic E-state index is 0.0100. The Balaban J connectivity index is 1.24. The summed E-state index contributed by atoms with van der Waals surface area (Å²) in [7, 11) is 0. The van der Waals surface area contributed by atoms with E-state index >= 15 is 0 Å². The van der Waals surface area contributed by atoms with Crippen LogP contribution in [0.5, 0.6) is 0 Å². The lowest BCUT2D eigenvalue weighted by Gasteiger charge is -2.15. The first kappa shape index (κ1) is 49.3. The maximum absolute atomic E-state index is 13.3. The third kappa shape index (κ3) is 13.6. The number of Topliss-reactive ketones (excluding diaryl/α,β-unsaturated/α-hetero) is 2. The number of nitrogens with one attached hydrogen (secondary N) is 4. The van der Waals surface area contributed by atoms with E-state index in [0.29, 0.717) is 36.0 Å². The smallest absolute Gasteiger partial charge is 0.258 e. The topological polar surface area (TPSA) is 200 Å². The number of amides is 4. The van der Waals surface area contributed by atoms with E-state index in [9.17, 15) is 28.8 Å². The first-order valence-corrected chi connectivity index (χ1v) is 21.6. The molecule has 0 heterocycles. The maximum atomic E-state index is 13.3. The van der Waals surface area contributed by atoms with Gasteiger partial charge in [0.05, 0.1) is 31.5 Å². The molecule has 4 N–H and O–H groups in total. The Kier molecular flexibility index (Phi) is 17.9. The second-order valence-electron chi connectivity index (χ2n) is 13.8. The molecule has 2 atom stereocenters. The van der Waals surface area contributed by atoms with Gasteiger partial charge in [-0.05, 0) is 111 Å². The highest BCUT2D eigenvalue weighted by Crippen LogP contribution is 2.34. The summed E-state index contributed by atoms with van der Waals surface area (Å²) in [5, 5.41) is 26.2. The molecule has 0 aliphatic heterocycles. The fourth-order valence-corrected chi connectivity index (χ4v) is 6.78. The average molecular weight is 986 g/mol. The molecule has 20 heteroatoms. The molecule has 0 bridgehead atoms. The van der Waals surface area contributed by atoms with Crippen molar-refractivity contribution >= 4 is 139 Å². The normalized spacial score (nSPS) is 12.1. The first-order chi connectivity index (χ1) is 30.6. The molecular weight excluding hydrogens is 949 g/mol. The second-order valence-corrected chi connectivity index (χ2v) is 16.1. The van der Waals surface area contributed by atoms with E-state index < -0.39 is 47.3 Å². The molecule has 4 amide bonds. The molecule has 0 radical (unpaired) electrons. The van der Waals surface area contributed by atoms with Crippen LogP contribution >= 0.6 is 69.6 Å². The molecule has 0 aliphatic rings. The minimum Gasteiger partial charge on any atom is -0.322 e. The van der Waals surface area contributed by atoms with Gasteiger partial charge in [-0.2, -0.15) is 20.5 Å². The third-order valence-corrected chi connectivity index (χ3v) is 10.7. The monoisotopic (exact) mass is 982 g/mol. The summed E-state index contributed by atoms with van der Waals surface area (Å²) in [5.41, 5.74) is 3.36. The molecule has 0 spiro atoms. The number of carbonyl (C=O) groups excluding carboxylic acids is 6. The van der Waals surface area contributed by atoms with Gasteiger partial charge in [0.1, 0.15) is 11.4 Å². The van der Waals surface area contributed by atoms with Crippen molar-refractivity contribution < 1.29 is 28.8 Å². The van der Waals surface area contributed by atoms with E-state index in [1.807, 2.05) is 24.3 Å². The summed E-state index contributed by atoms with van der Waals surface area (Å²) in [4.78, 5) is 77.8. The molecule has 330 valence electrons. The quantitative estimate of drug-likeness (QED) is 0.0382. The van der Waals surface area contributed by atoms with Crippen LogP contribution in [0.25, 0.3) is 0 Å². The number of alkyl halides is 2. The fraction of sp³-hybridized carbons (Fsp3) is 0.182. The van der Waals surface area contributed by atoms with Crippen molar-refractivity contribution in [1.29, 1.82) is 0 Å². The zero-order valence-corrected chi connectivity index (χ0v) is 38.3. The molecule has 5 aromatic carbocycles. The SMILES string of the molecule is CC(=O)C(N=Nc1cc(C(=O)Nc2ccc(CCCl)cc2)ccc1Cl)C(=O)Nc1cc(Cl)c(NC(=O)C(N=Nc2cc(C(=O)Nc3ccc(CCCl)cc3)ccc2Cl)C(C)=O)cc1Cl. The number of anilines is 4. The van der Waals surface area contributed by atoms with Gasteiger partial charge >= 0.3 is 0 Å². The predicted octanol–water partition coefficient (Wildman–Crippen LogP) is 11.7. The summed E-state index contributed by atoms with van der Waals surface area (Å²) in [6, 6.07) is 21.9. The highest BCUT2D eigenvalue weighted by atomic mass is 35.5. The molecule has 14 nitrogen and oxygen atoms in total. The van der Waals surface area contributed by atoms with Crippen LogP contribution in [-0.2, 0) is 32.0 Å². The maximum Gasteiger partial charge on any atom is 0.258 e. The molecule has 64 heavy (non-hydrogen) atoms. The predicted molar refractivity (Wildman–Crippen MR) is 252 cm³/mol. The number of nitrogens with zero attached hydrogens (tertiary/aromatic N) is 4. The van der Waals surface area contributed by atoms with Gasteiger partial charge in [-0.3, -0.25) is 28.8 Å². The fourth-order valence-electron chi connectivity index (χ4n) is 5.61. The van der Waals surface area contributed by atoms with Crippen molar-refractivity contribution in [3.8, 4) is 0 Å². The Morgan fingerprint density at radius 2 is 0.844 bits per heavy atom. The molecule has 2 unspecified atom stereocenters. The molecule has 0 aromatic heterocycles.